The van der Waals surface area contributed by atoms with Crippen LogP contribution in [0.25, 0.3) is 0 Å². The van der Waals surface area contributed by atoms with Gasteiger partial charge in [-0.15, -0.1) is 0 Å². The van der Waals surface area contributed by atoms with E-state index in [4.69, 9.17) is 15.2 Å². The molecule has 6 heteroatoms. The van der Waals surface area contributed by atoms with Gasteiger partial charge in [-0.05, 0) is 30.7 Å². The molecule has 1 rings (SSSR count). The van der Waals surface area contributed by atoms with Gasteiger partial charge in [-0.2, -0.15) is 0 Å². The lowest BCUT2D eigenvalue weighted by atomic mass is 10.2. The van der Waals surface area contributed by atoms with E-state index in [-0.39, 0.29) is 13.2 Å². The van der Waals surface area contributed by atoms with Crippen LogP contribution < -0.4 is 20.5 Å². The number of primary amides is 1. The zero-order chi connectivity index (χ0) is 15.8. The molecule has 4 N–H and O–H groups in total. The number of hydrogen-bond acceptors (Lipinski definition) is 5. The Morgan fingerprint density at radius 3 is 2.67 bits per heavy atom. The van der Waals surface area contributed by atoms with Crippen molar-refractivity contribution in [3.63, 3.8) is 0 Å². The molecular formula is C15H24N2O4. The van der Waals surface area contributed by atoms with Crippen molar-refractivity contribution >= 4 is 5.91 Å². The van der Waals surface area contributed by atoms with E-state index in [9.17, 15) is 9.90 Å². The highest BCUT2D eigenvalue weighted by atomic mass is 16.5. The molecule has 0 spiro atoms. The van der Waals surface area contributed by atoms with Crippen LogP contribution in [0.4, 0.5) is 0 Å². The molecule has 6 nitrogen and oxygen atoms in total. The van der Waals surface area contributed by atoms with Gasteiger partial charge in [0.05, 0.1) is 0 Å². The number of nitrogens with two attached hydrogens (primary N) is 1. The van der Waals surface area contributed by atoms with Gasteiger partial charge in [0.15, 0.2) is 6.61 Å². The van der Waals surface area contributed by atoms with E-state index in [2.05, 4.69) is 5.32 Å². The summed E-state index contributed by atoms with van der Waals surface area (Å²) < 4.78 is 10.8. The molecule has 0 radical (unpaired) electrons. The van der Waals surface area contributed by atoms with Crippen LogP contribution in [-0.4, -0.2) is 42.9 Å². The van der Waals surface area contributed by atoms with Crippen molar-refractivity contribution in [2.75, 3.05) is 19.8 Å². The Kier molecular flexibility index (Phi) is 6.98. The molecule has 1 aromatic rings. The van der Waals surface area contributed by atoms with Crippen molar-refractivity contribution in [2.45, 2.75) is 32.9 Å². The van der Waals surface area contributed by atoms with Crippen LogP contribution in [0, 0.1) is 6.92 Å². The number of nitrogens with one attached hydrogen (secondary N) is 1. The molecule has 0 saturated heterocycles. The van der Waals surface area contributed by atoms with Crippen molar-refractivity contribution in [3.8, 4) is 11.5 Å². The lowest BCUT2D eigenvalue weighted by Crippen LogP contribution is -2.35. The second-order valence-corrected chi connectivity index (χ2v) is 5.21. The van der Waals surface area contributed by atoms with E-state index in [1.54, 1.807) is 18.2 Å². The summed E-state index contributed by atoms with van der Waals surface area (Å²) in [5, 5.41) is 12.9. The molecule has 0 fully saturated rings. The maximum Gasteiger partial charge on any atom is 0.255 e. The zero-order valence-electron chi connectivity index (χ0n) is 12.8. The molecule has 1 amide bonds. The van der Waals surface area contributed by atoms with Crippen LogP contribution in [0.2, 0.25) is 0 Å². The predicted molar refractivity (Wildman–Crippen MR) is 80.5 cm³/mol. The number of carbonyl (C=O) groups excluding carboxylic acids is 1. The summed E-state index contributed by atoms with van der Waals surface area (Å²) >= 11 is 0. The molecule has 1 aromatic carbocycles. The van der Waals surface area contributed by atoms with Gasteiger partial charge in [-0.1, -0.05) is 13.8 Å². The van der Waals surface area contributed by atoms with Gasteiger partial charge in [0.2, 0.25) is 0 Å². The van der Waals surface area contributed by atoms with Crippen molar-refractivity contribution in [1.82, 2.24) is 5.32 Å². The lowest BCUT2D eigenvalue weighted by Gasteiger charge is -2.16. The van der Waals surface area contributed by atoms with Crippen LogP contribution in [0.1, 0.15) is 19.4 Å². The summed E-state index contributed by atoms with van der Waals surface area (Å²) in [5.41, 5.74) is 5.88. The molecule has 118 valence electrons. The fourth-order valence-corrected chi connectivity index (χ4v) is 1.64. The van der Waals surface area contributed by atoms with E-state index in [0.29, 0.717) is 24.1 Å². The van der Waals surface area contributed by atoms with E-state index in [1.807, 2.05) is 20.8 Å². The molecule has 0 aromatic heterocycles. The number of aliphatic hydroxyl groups excluding tert-OH is 1. The first kappa shape index (κ1) is 17.3. The Balaban J connectivity index is 2.47. The Labute approximate surface area is 125 Å². The number of benzene rings is 1. The van der Waals surface area contributed by atoms with E-state index < -0.39 is 12.0 Å². The standard InChI is InChI=1S/C15H24N2O4/c1-10(2)17-7-12(18)8-21-14-5-4-13(6-11(14)3)20-9-15(16)19/h4-6,10,12,17-18H,7-9H2,1-3H3,(H2,16,19). The topological polar surface area (TPSA) is 93.8 Å². The van der Waals surface area contributed by atoms with Gasteiger partial charge in [0.1, 0.15) is 24.2 Å². The number of amides is 1. The highest BCUT2D eigenvalue weighted by Crippen LogP contribution is 2.23. The molecule has 0 aliphatic rings. The molecule has 21 heavy (non-hydrogen) atoms. The molecule has 1 unspecified atom stereocenters. The predicted octanol–water partition coefficient (Wildman–Crippen LogP) is 0.597. The normalized spacial score (nSPS) is 12.2. The summed E-state index contributed by atoms with van der Waals surface area (Å²) in [6, 6.07) is 5.53. The van der Waals surface area contributed by atoms with Gasteiger partial charge < -0.3 is 25.6 Å². The third-order valence-corrected chi connectivity index (χ3v) is 2.72. The minimum absolute atomic E-state index is 0.154. The number of carbonyl (C=O) groups is 1. The number of aliphatic hydroxyl groups is 1. The van der Waals surface area contributed by atoms with Crippen LogP contribution in [0.5, 0.6) is 11.5 Å². The Morgan fingerprint density at radius 1 is 1.38 bits per heavy atom. The van der Waals surface area contributed by atoms with E-state index in [0.717, 1.165) is 5.56 Å². The third kappa shape index (κ3) is 6.97. The van der Waals surface area contributed by atoms with E-state index in [1.165, 1.54) is 0 Å². The molecule has 0 bridgehead atoms. The second kappa shape index (κ2) is 8.49. The van der Waals surface area contributed by atoms with Gasteiger partial charge in [0, 0.05) is 12.6 Å². The van der Waals surface area contributed by atoms with Gasteiger partial charge in [-0.25, -0.2) is 0 Å². The largest absolute Gasteiger partial charge is 0.491 e. The smallest absolute Gasteiger partial charge is 0.255 e. The first-order chi connectivity index (χ1) is 9.88. The van der Waals surface area contributed by atoms with Crippen molar-refractivity contribution in [3.05, 3.63) is 23.8 Å². The highest BCUT2D eigenvalue weighted by molar-refractivity contribution is 5.75. The summed E-state index contributed by atoms with van der Waals surface area (Å²) in [6.45, 7) is 6.44. The van der Waals surface area contributed by atoms with Gasteiger partial charge >= 0.3 is 0 Å². The van der Waals surface area contributed by atoms with Gasteiger partial charge in [-0.3, -0.25) is 4.79 Å². The number of ether oxygens (including phenoxy) is 2. The summed E-state index contributed by atoms with van der Waals surface area (Å²) in [6.07, 6.45) is -0.572. The average Bonchev–Trinajstić information content (AvgIpc) is 2.41. The quantitative estimate of drug-likeness (QED) is 0.620. The zero-order valence-corrected chi connectivity index (χ0v) is 12.8. The molecule has 0 heterocycles. The first-order valence-corrected chi connectivity index (χ1v) is 6.94. The summed E-state index contributed by atoms with van der Waals surface area (Å²) in [4.78, 5) is 10.7. The van der Waals surface area contributed by atoms with Crippen molar-refractivity contribution in [1.29, 1.82) is 0 Å². The SMILES string of the molecule is Cc1cc(OCC(N)=O)ccc1OCC(O)CNC(C)C. The van der Waals surface area contributed by atoms with Crippen LogP contribution in [0.15, 0.2) is 18.2 Å². The number of rotatable bonds is 9. The average molecular weight is 296 g/mol. The van der Waals surface area contributed by atoms with Crippen molar-refractivity contribution < 1.29 is 19.4 Å². The van der Waals surface area contributed by atoms with Crippen molar-refractivity contribution in [2.24, 2.45) is 5.73 Å². The monoisotopic (exact) mass is 296 g/mol. The first-order valence-electron chi connectivity index (χ1n) is 6.94. The van der Waals surface area contributed by atoms with Crippen LogP contribution in [0.3, 0.4) is 0 Å². The molecule has 0 aliphatic heterocycles. The number of hydrogen-bond donors (Lipinski definition) is 3. The molecular weight excluding hydrogens is 272 g/mol. The highest BCUT2D eigenvalue weighted by Gasteiger charge is 2.08. The third-order valence-electron chi connectivity index (χ3n) is 2.72. The fourth-order valence-electron chi connectivity index (χ4n) is 1.64. The Bertz CT molecular complexity index is 463. The maximum absolute atomic E-state index is 10.7. The van der Waals surface area contributed by atoms with Gasteiger partial charge in [0.25, 0.3) is 5.91 Å². The molecule has 0 aliphatic carbocycles. The fraction of sp³-hybridized carbons (Fsp3) is 0.533. The maximum atomic E-state index is 10.7. The minimum atomic E-state index is -0.572. The Morgan fingerprint density at radius 2 is 2.10 bits per heavy atom. The van der Waals surface area contributed by atoms with Crippen LogP contribution in [-0.2, 0) is 4.79 Å². The molecule has 0 saturated carbocycles. The van der Waals surface area contributed by atoms with Crippen LogP contribution >= 0.6 is 0 Å². The summed E-state index contributed by atoms with van der Waals surface area (Å²) in [5.74, 6) is 0.708. The number of aryl methyl sites for hydroxylation is 1. The minimum Gasteiger partial charge on any atom is -0.491 e. The Hall–Kier alpha value is -1.79. The van der Waals surface area contributed by atoms with E-state index >= 15 is 0 Å². The second-order valence-electron chi connectivity index (χ2n) is 5.21. The molecule has 1 atom stereocenters. The lowest BCUT2D eigenvalue weighted by molar-refractivity contribution is -0.119. The summed E-state index contributed by atoms with van der Waals surface area (Å²) in [7, 11) is 0.